The summed E-state index contributed by atoms with van der Waals surface area (Å²) in [5, 5.41) is 3.39. The molecule has 0 bridgehead atoms. The zero-order valence-corrected chi connectivity index (χ0v) is 15.3. The Morgan fingerprint density at radius 2 is 1.83 bits per heavy atom. The molecule has 2 aromatic carbocycles. The Morgan fingerprint density at radius 1 is 1.07 bits per heavy atom. The molecule has 2 fully saturated rings. The number of amides is 3. The third kappa shape index (κ3) is 3.53. The van der Waals surface area contributed by atoms with Crippen LogP contribution in [0.15, 0.2) is 53.6 Å². The lowest BCUT2D eigenvalue weighted by atomic mass is 10.2. The van der Waals surface area contributed by atoms with E-state index >= 15 is 0 Å². The minimum atomic E-state index is -0.636. The van der Waals surface area contributed by atoms with Crippen LogP contribution in [-0.4, -0.2) is 44.4 Å². The Hall–Kier alpha value is -3.78. The maximum Gasteiger partial charge on any atom is 0.414 e. The molecule has 148 valence electrons. The normalized spacial score (nSPS) is 18.8. The Kier molecular flexibility index (Phi) is 4.92. The number of halogens is 1. The third-order valence-corrected chi connectivity index (χ3v) is 4.83. The fourth-order valence-electron chi connectivity index (χ4n) is 3.45. The van der Waals surface area contributed by atoms with Crippen molar-refractivity contribution in [1.82, 2.24) is 0 Å². The van der Waals surface area contributed by atoms with E-state index in [1.165, 1.54) is 21.9 Å². The van der Waals surface area contributed by atoms with Gasteiger partial charge >= 0.3 is 12.1 Å². The van der Waals surface area contributed by atoms with Gasteiger partial charge in [-0.05, 0) is 35.9 Å². The number of nitrogens with zero attached hydrogens (tertiary/aromatic N) is 6. The number of benzene rings is 2. The fraction of sp³-hybridized carbons (Fsp3) is 0.263. The molecule has 0 saturated carbocycles. The van der Waals surface area contributed by atoms with E-state index in [0.29, 0.717) is 18.8 Å². The average Bonchev–Trinajstić information content (AvgIpc) is 3.29. The van der Waals surface area contributed by atoms with Gasteiger partial charge in [0.25, 0.3) is 0 Å². The van der Waals surface area contributed by atoms with Gasteiger partial charge in [-0.25, -0.2) is 14.0 Å². The monoisotopic (exact) mass is 396 g/mol. The summed E-state index contributed by atoms with van der Waals surface area (Å²) < 4.78 is 19.9. The zero-order chi connectivity index (χ0) is 20.4. The summed E-state index contributed by atoms with van der Waals surface area (Å²) >= 11 is 0. The van der Waals surface area contributed by atoms with Crippen molar-refractivity contribution in [1.29, 1.82) is 0 Å². The first-order valence-corrected chi connectivity index (χ1v) is 9.01. The van der Waals surface area contributed by atoms with Gasteiger partial charge in [-0.3, -0.25) is 14.7 Å². The van der Waals surface area contributed by atoms with Crippen LogP contribution in [0.25, 0.3) is 10.4 Å². The van der Waals surface area contributed by atoms with Crippen LogP contribution < -0.4 is 14.7 Å². The molecule has 1 atom stereocenters. The highest BCUT2D eigenvalue weighted by molar-refractivity contribution is 6.06. The first-order valence-electron chi connectivity index (χ1n) is 9.01. The summed E-state index contributed by atoms with van der Waals surface area (Å²) in [4.78, 5) is 31.7. The maximum atomic E-state index is 14.8. The molecular formula is C19H17FN6O3. The fourth-order valence-corrected chi connectivity index (χ4v) is 3.45. The van der Waals surface area contributed by atoms with Crippen molar-refractivity contribution in [3.8, 4) is 0 Å². The standard InChI is InChI=1S/C19H17FN6O3/c20-16-10-14(26-12-15(11-22-23-21)29-19(26)28)6-7-17(16)25-9-8-24(18(25)27)13-4-2-1-3-5-13/h1-7,10,15H,8-9,11-12H2. The number of anilines is 3. The topological polar surface area (TPSA) is 102 Å². The summed E-state index contributed by atoms with van der Waals surface area (Å²) in [6, 6.07) is 13.1. The Labute approximate surface area is 165 Å². The molecule has 2 aliphatic rings. The molecule has 0 N–H and O–H groups in total. The Balaban J connectivity index is 1.52. The highest BCUT2D eigenvalue weighted by atomic mass is 19.1. The zero-order valence-electron chi connectivity index (χ0n) is 15.3. The number of carbonyl (C=O) groups is 2. The van der Waals surface area contributed by atoms with Gasteiger partial charge in [-0.1, -0.05) is 23.3 Å². The SMILES string of the molecule is [N-]=[N+]=NCC1CN(c2ccc(N3CCN(c4ccccc4)C3=O)c(F)c2)C(=O)O1. The maximum absolute atomic E-state index is 14.8. The number of azide groups is 1. The van der Waals surface area contributed by atoms with E-state index in [9.17, 15) is 14.0 Å². The van der Waals surface area contributed by atoms with Gasteiger partial charge < -0.3 is 4.74 Å². The van der Waals surface area contributed by atoms with Crippen molar-refractivity contribution in [3.05, 3.63) is 64.8 Å². The van der Waals surface area contributed by atoms with E-state index in [2.05, 4.69) is 10.0 Å². The molecule has 0 aromatic heterocycles. The van der Waals surface area contributed by atoms with Gasteiger partial charge in [-0.15, -0.1) is 0 Å². The molecule has 2 aromatic rings. The van der Waals surface area contributed by atoms with Crippen LogP contribution in [-0.2, 0) is 4.74 Å². The van der Waals surface area contributed by atoms with Crippen molar-refractivity contribution in [2.45, 2.75) is 6.10 Å². The molecule has 2 aliphatic heterocycles. The van der Waals surface area contributed by atoms with Crippen LogP contribution in [0.2, 0.25) is 0 Å². The van der Waals surface area contributed by atoms with Gasteiger partial charge in [-0.2, -0.15) is 0 Å². The molecule has 0 radical (unpaired) electrons. The summed E-state index contributed by atoms with van der Waals surface area (Å²) in [5.74, 6) is -0.614. The summed E-state index contributed by atoms with van der Waals surface area (Å²) in [6.45, 7) is 0.964. The highest BCUT2D eigenvalue weighted by Crippen LogP contribution is 2.31. The van der Waals surface area contributed by atoms with Gasteiger partial charge in [0.2, 0.25) is 0 Å². The molecule has 2 heterocycles. The summed E-state index contributed by atoms with van der Waals surface area (Å²) in [7, 11) is 0. The number of cyclic esters (lactones) is 1. The lowest BCUT2D eigenvalue weighted by Gasteiger charge is -2.20. The van der Waals surface area contributed by atoms with Crippen molar-refractivity contribution >= 4 is 29.2 Å². The first-order chi connectivity index (χ1) is 14.1. The lowest BCUT2D eigenvalue weighted by molar-refractivity contribution is 0.145. The number of carbonyl (C=O) groups excluding carboxylic acids is 2. The molecule has 1 unspecified atom stereocenters. The van der Waals surface area contributed by atoms with Gasteiger partial charge in [0.05, 0.1) is 24.5 Å². The third-order valence-electron chi connectivity index (χ3n) is 4.83. The molecule has 9 nitrogen and oxygen atoms in total. The van der Waals surface area contributed by atoms with E-state index in [1.807, 2.05) is 30.3 Å². The molecule has 2 saturated heterocycles. The average molecular weight is 396 g/mol. The molecule has 29 heavy (non-hydrogen) atoms. The predicted molar refractivity (Wildman–Crippen MR) is 105 cm³/mol. The van der Waals surface area contributed by atoms with Crippen LogP contribution in [0.3, 0.4) is 0 Å². The number of rotatable bonds is 5. The van der Waals surface area contributed by atoms with Crippen LogP contribution >= 0.6 is 0 Å². The highest BCUT2D eigenvalue weighted by Gasteiger charge is 2.34. The Bertz CT molecular complexity index is 995. The largest absolute Gasteiger partial charge is 0.444 e. The number of hydrogen-bond acceptors (Lipinski definition) is 4. The van der Waals surface area contributed by atoms with E-state index < -0.39 is 18.0 Å². The van der Waals surface area contributed by atoms with E-state index in [4.69, 9.17) is 10.3 Å². The van der Waals surface area contributed by atoms with E-state index in [-0.39, 0.29) is 24.8 Å². The quantitative estimate of drug-likeness (QED) is 0.435. The van der Waals surface area contributed by atoms with Crippen molar-refractivity contribution in [2.75, 3.05) is 40.9 Å². The molecule has 10 heteroatoms. The smallest absolute Gasteiger partial charge is 0.414 e. The van der Waals surface area contributed by atoms with E-state index in [1.54, 1.807) is 11.0 Å². The minimum absolute atomic E-state index is 0.0108. The lowest BCUT2D eigenvalue weighted by Crippen LogP contribution is -2.32. The number of para-hydroxylation sites is 1. The Morgan fingerprint density at radius 3 is 2.55 bits per heavy atom. The second kappa shape index (κ2) is 7.69. The van der Waals surface area contributed by atoms with Crippen LogP contribution in [0.1, 0.15) is 0 Å². The minimum Gasteiger partial charge on any atom is -0.444 e. The number of ether oxygens (including phenoxy) is 1. The second-order valence-corrected chi connectivity index (χ2v) is 6.59. The van der Waals surface area contributed by atoms with E-state index in [0.717, 1.165) is 5.69 Å². The van der Waals surface area contributed by atoms with Gasteiger partial charge in [0.15, 0.2) is 0 Å². The van der Waals surface area contributed by atoms with Crippen molar-refractivity contribution in [2.24, 2.45) is 5.11 Å². The summed E-state index contributed by atoms with van der Waals surface area (Å²) in [5.41, 5.74) is 9.59. The van der Waals surface area contributed by atoms with Crippen LogP contribution in [0.5, 0.6) is 0 Å². The second-order valence-electron chi connectivity index (χ2n) is 6.59. The predicted octanol–water partition coefficient (Wildman–Crippen LogP) is 3.91. The number of urea groups is 1. The van der Waals surface area contributed by atoms with Gasteiger partial charge in [0.1, 0.15) is 11.9 Å². The van der Waals surface area contributed by atoms with Crippen LogP contribution in [0.4, 0.5) is 31.0 Å². The van der Waals surface area contributed by atoms with Crippen molar-refractivity contribution < 1.29 is 18.7 Å². The summed E-state index contributed by atoms with van der Waals surface area (Å²) in [6.07, 6.45) is -1.22. The first kappa shape index (κ1) is 18.6. The van der Waals surface area contributed by atoms with Gasteiger partial charge in [0, 0.05) is 23.7 Å². The molecule has 0 spiro atoms. The molecular weight excluding hydrogens is 379 g/mol. The van der Waals surface area contributed by atoms with Crippen LogP contribution in [0, 0.1) is 5.82 Å². The molecule has 3 amide bonds. The molecule has 4 rings (SSSR count). The van der Waals surface area contributed by atoms with Crippen molar-refractivity contribution in [3.63, 3.8) is 0 Å². The number of hydrogen-bond donors (Lipinski definition) is 0. The molecule has 0 aliphatic carbocycles.